The molecule has 0 aromatic heterocycles. The summed E-state index contributed by atoms with van der Waals surface area (Å²) in [5.41, 5.74) is 0.0560. The van der Waals surface area contributed by atoms with Gasteiger partial charge in [-0.15, -0.1) is 0 Å². The van der Waals surface area contributed by atoms with Crippen LogP contribution in [0.1, 0.15) is 45.4 Å². The van der Waals surface area contributed by atoms with Gasteiger partial charge < -0.3 is 23.7 Å². The molecule has 3 saturated heterocycles. The molecular weight excluding hydrogens is 272 g/mol. The zero-order valence-corrected chi connectivity index (χ0v) is 13.5. The smallest absolute Gasteiger partial charge is 0.282 e. The van der Waals surface area contributed by atoms with Crippen LogP contribution in [0.4, 0.5) is 0 Å². The second-order valence-electron chi connectivity index (χ2n) is 6.21. The van der Waals surface area contributed by atoms with Crippen LogP contribution in [0.2, 0.25) is 0 Å². The molecule has 5 heteroatoms. The SMILES string of the molecule is CCCCC12OCC(CCCCOCCOC)(CO1)CO2. The van der Waals surface area contributed by atoms with E-state index in [0.29, 0.717) is 13.2 Å². The zero-order chi connectivity index (χ0) is 15.0. The maximum absolute atomic E-state index is 5.89. The highest BCUT2D eigenvalue weighted by atomic mass is 16.9. The normalized spacial score (nSPS) is 31.7. The van der Waals surface area contributed by atoms with E-state index in [9.17, 15) is 0 Å². The molecule has 0 saturated carbocycles. The summed E-state index contributed by atoms with van der Waals surface area (Å²) < 4.78 is 28.1. The molecule has 0 aromatic rings. The van der Waals surface area contributed by atoms with Crippen molar-refractivity contribution in [3.8, 4) is 0 Å². The number of hydrogen-bond acceptors (Lipinski definition) is 5. The van der Waals surface area contributed by atoms with Crippen LogP contribution in [0.15, 0.2) is 0 Å². The molecule has 0 spiro atoms. The Labute approximate surface area is 128 Å². The highest BCUT2D eigenvalue weighted by Crippen LogP contribution is 2.43. The third-order valence-corrected chi connectivity index (χ3v) is 4.31. The van der Waals surface area contributed by atoms with Crippen molar-refractivity contribution < 1.29 is 23.7 Å². The van der Waals surface area contributed by atoms with E-state index in [1.807, 2.05) is 0 Å². The monoisotopic (exact) mass is 302 g/mol. The average molecular weight is 302 g/mol. The van der Waals surface area contributed by atoms with Crippen molar-refractivity contribution in [1.29, 1.82) is 0 Å². The molecule has 0 unspecified atom stereocenters. The second kappa shape index (κ2) is 8.44. The Morgan fingerprint density at radius 1 is 0.857 bits per heavy atom. The van der Waals surface area contributed by atoms with E-state index < -0.39 is 5.97 Å². The van der Waals surface area contributed by atoms with Gasteiger partial charge in [-0.05, 0) is 19.3 Å². The first-order valence-corrected chi connectivity index (χ1v) is 8.23. The Kier molecular flexibility index (Phi) is 6.89. The first kappa shape index (κ1) is 17.2. The molecule has 0 amide bonds. The standard InChI is InChI=1S/C16H30O5/c1-3-4-8-16-19-12-15(13-20-16,14-21-16)7-5-6-9-18-11-10-17-2/h3-14H2,1-2H3. The van der Waals surface area contributed by atoms with Crippen molar-refractivity contribution in [3.63, 3.8) is 0 Å². The van der Waals surface area contributed by atoms with Gasteiger partial charge in [0, 0.05) is 25.6 Å². The van der Waals surface area contributed by atoms with Gasteiger partial charge in [-0.1, -0.05) is 19.8 Å². The van der Waals surface area contributed by atoms with Gasteiger partial charge in [-0.2, -0.15) is 0 Å². The van der Waals surface area contributed by atoms with Crippen LogP contribution < -0.4 is 0 Å². The molecule has 0 aliphatic carbocycles. The van der Waals surface area contributed by atoms with E-state index in [2.05, 4.69) is 6.92 Å². The molecule has 3 rings (SSSR count). The number of ether oxygens (including phenoxy) is 5. The summed E-state index contributed by atoms with van der Waals surface area (Å²) in [6.45, 7) is 6.60. The van der Waals surface area contributed by atoms with Gasteiger partial charge in [-0.25, -0.2) is 0 Å². The second-order valence-corrected chi connectivity index (χ2v) is 6.21. The topological polar surface area (TPSA) is 46.2 Å². The van der Waals surface area contributed by atoms with Crippen molar-refractivity contribution in [1.82, 2.24) is 0 Å². The Hall–Kier alpha value is -0.200. The van der Waals surface area contributed by atoms with Gasteiger partial charge in [-0.3, -0.25) is 0 Å². The van der Waals surface area contributed by atoms with E-state index in [0.717, 1.165) is 65.0 Å². The van der Waals surface area contributed by atoms with Crippen LogP contribution in [0.5, 0.6) is 0 Å². The molecule has 3 aliphatic heterocycles. The molecule has 3 heterocycles. The summed E-state index contributed by atoms with van der Waals surface area (Å²) in [4.78, 5) is 0. The minimum Gasteiger partial charge on any atom is -0.382 e. The molecule has 0 aromatic carbocycles. The summed E-state index contributed by atoms with van der Waals surface area (Å²) >= 11 is 0. The molecule has 0 N–H and O–H groups in total. The molecule has 5 nitrogen and oxygen atoms in total. The van der Waals surface area contributed by atoms with Crippen molar-refractivity contribution in [2.75, 3.05) is 46.8 Å². The molecular formula is C16H30O5. The predicted molar refractivity (Wildman–Crippen MR) is 79.1 cm³/mol. The fourth-order valence-corrected chi connectivity index (χ4v) is 2.81. The van der Waals surface area contributed by atoms with Gasteiger partial charge in [0.05, 0.1) is 33.0 Å². The lowest BCUT2D eigenvalue weighted by molar-refractivity contribution is -0.470. The Morgan fingerprint density at radius 2 is 1.57 bits per heavy atom. The summed E-state index contributed by atoms with van der Waals surface area (Å²) in [6.07, 6.45) is 6.30. The van der Waals surface area contributed by atoms with Crippen LogP contribution in [0.25, 0.3) is 0 Å². The Balaban J connectivity index is 1.61. The number of hydrogen-bond donors (Lipinski definition) is 0. The maximum Gasteiger partial charge on any atom is 0.282 e. The predicted octanol–water partition coefficient (Wildman–Crippen LogP) is 2.73. The van der Waals surface area contributed by atoms with Gasteiger partial charge in [0.2, 0.25) is 0 Å². The number of methoxy groups -OCH3 is 1. The van der Waals surface area contributed by atoms with E-state index in [4.69, 9.17) is 23.7 Å². The minimum atomic E-state index is -0.735. The van der Waals surface area contributed by atoms with Gasteiger partial charge >= 0.3 is 0 Å². The van der Waals surface area contributed by atoms with Gasteiger partial charge in [0.25, 0.3) is 5.97 Å². The first-order valence-electron chi connectivity index (χ1n) is 8.23. The third-order valence-electron chi connectivity index (χ3n) is 4.31. The van der Waals surface area contributed by atoms with Crippen LogP contribution >= 0.6 is 0 Å². The highest BCUT2D eigenvalue weighted by Gasteiger charge is 2.51. The van der Waals surface area contributed by atoms with Crippen LogP contribution in [0.3, 0.4) is 0 Å². The summed E-state index contributed by atoms with van der Waals surface area (Å²) in [5, 5.41) is 0. The molecule has 3 fully saturated rings. The fraction of sp³-hybridized carbons (Fsp3) is 1.00. The summed E-state index contributed by atoms with van der Waals surface area (Å²) in [7, 11) is 1.69. The fourth-order valence-electron chi connectivity index (χ4n) is 2.81. The van der Waals surface area contributed by atoms with Crippen molar-refractivity contribution >= 4 is 0 Å². The largest absolute Gasteiger partial charge is 0.382 e. The molecule has 124 valence electrons. The van der Waals surface area contributed by atoms with Crippen molar-refractivity contribution in [2.24, 2.45) is 5.41 Å². The lowest BCUT2D eigenvalue weighted by atomic mass is 9.83. The number of fused-ring (bicyclic) bond motifs is 3. The summed E-state index contributed by atoms with van der Waals surface area (Å²) in [5.74, 6) is -0.735. The maximum atomic E-state index is 5.89. The lowest BCUT2D eigenvalue weighted by Crippen LogP contribution is -2.59. The quantitative estimate of drug-likeness (QED) is 0.549. The Morgan fingerprint density at radius 3 is 2.19 bits per heavy atom. The molecule has 0 atom stereocenters. The van der Waals surface area contributed by atoms with Crippen molar-refractivity contribution in [3.05, 3.63) is 0 Å². The zero-order valence-electron chi connectivity index (χ0n) is 13.5. The van der Waals surface area contributed by atoms with E-state index in [1.54, 1.807) is 7.11 Å². The number of rotatable bonds is 11. The molecule has 3 aliphatic rings. The molecule has 2 bridgehead atoms. The van der Waals surface area contributed by atoms with Crippen LogP contribution in [-0.4, -0.2) is 52.7 Å². The number of unbranched alkanes of at least 4 members (excludes halogenated alkanes) is 2. The molecule has 21 heavy (non-hydrogen) atoms. The van der Waals surface area contributed by atoms with E-state index >= 15 is 0 Å². The lowest BCUT2D eigenvalue weighted by Gasteiger charge is -2.52. The van der Waals surface area contributed by atoms with Gasteiger partial charge in [0.15, 0.2) is 0 Å². The van der Waals surface area contributed by atoms with Crippen LogP contribution in [-0.2, 0) is 23.7 Å². The first-order chi connectivity index (χ1) is 10.2. The van der Waals surface area contributed by atoms with Crippen LogP contribution in [0, 0.1) is 5.41 Å². The highest BCUT2D eigenvalue weighted by molar-refractivity contribution is 4.88. The van der Waals surface area contributed by atoms with E-state index in [1.165, 1.54) is 0 Å². The van der Waals surface area contributed by atoms with Gasteiger partial charge in [0.1, 0.15) is 0 Å². The van der Waals surface area contributed by atoms with E-state index in [-0.39, 0.29) is 5.41 Å². The third kappa shape index (κ3) is 4.89. The average Bonchev–Trinajstić information content (AvgIpc) is 2.54. The van der Waals surface area contributed by atoms with Crippen molar-refractivity contribution in [2.45, 2.75) is 51.4 Å². The molecule has 0 radical (unpaired) electrons. The summed E-state index contributed by atoms with van der Waals surface area (Å²) in [6, 6.07) is 0. The Bertz CT molecular complexity index is 270. The minimum absolute atomic E-state index is 0.0560.